The van der Waals surface area contributed by atoms with E-state index in [1.165, 1.54) is 64.2 Å². The molecule has 0 aromatic carbocycles. The summed E-state index contributed by atoms with van der Waals surface area (Å²) in [5.74, 6) is 6.48. The van der Waals surface area contributed by atoms with Crippen molar-refractivity contribution in [1.82, 2.24) is 0 Å². The maximum atomic E-state index is 12.2. The van der Waals surface area contributed by atoms with Gasteiger partial charge in [-0.05, 0) is 86.9 Å². The minimum Gasteiger partial charge on any atom is -0.300 e. The molecule has 4 fully saturated rings. The van der Waals surface area contributed by atoms with Crippen molar-refractivity contribution in [2.45, 2.75) is 77.0 Å². The van der Waals surface area contributed by atoms with Crippen LogP contribution in [0, 0.1) is 35.5 Å². The zero-order chi connectivity index (χ0) is 13.5. The van der Waals surface area contributed by atoms with Gasteiger partial charge < -0.3 is 0 Å². The average molecular weight is 274 g/mol. The summed E-state index contributed by atoms with van der Waals surface area (Å²) in [6, 6.07) is 0. The number of hydrogen-bond acceptors (Lipinski definition) is 1. The maximum Gasteiger partial charge on any atom is 0.132 e. The van der Waals surface area contributed by atoms with Crippen LogP contribution < -0.4 is 0 Å². The molecular formula is C19H30O. The Morgan fingerprint density at radius 3 is 1.55 bits per heavy atom. The predicted molar refractivity (Wildman–Crippen MR) is 81.4 cm³/mol. The third kappa shape index (κ3) is 2.57. The lowest BCUT2D eigenvalue weighted by atomic mass is 9.83. The molecule has 4 aliphatic carbocycles. The molecule has 0 amide bonds. The van der Waals surface area contributed by atoms with Crippen LogP contribution in [0.15, 0.2) is 0 Å². The summed E-state index contributed by atoms with van der Waals surface area (Å²) in [5.41, 5.74) is 0. The summed E-state index contributed by atoms with van der Waals surface area (Å²) in [5, 5.41) is 0. The quantitative estimate of drug-likeness (QED) is 0.667. The van der Waals surface area contributed by atoms with Gasteiger partial charge in [-0.25, -0.2) is 0 Å². The molecule has 0 aliphatic heterocycles. The Morgan fingerprint density at radius 2 is 1.20 bits per heavy atom. The van der Waals surface area contributed by atoms with E-state index < -0.39 is 0 Å². The van der Waals surface area contributed by atoms with Crippen LogP contribution in [-0.2, 0) is 4.79 Å². The Labute approximate surface area is 123 Å². The van der Waals surface area contributed by atoms with Gasteiger partial charge in [0.15, 0.2) is 0 Å². The zero-order valence-electron chi connectivity index (χ0n) is 12.9. The first kappa shape index (κ1) is 13.3. The molecule has 1 nitrogen and oxygen atoms in total. The summed E-state index contributed by atoms with van der Waals surface area (Å²) in [4.78, 5) is 12.2. The van der Waals surface area contributed by atoms with Crippen LogP contribution in [0.2, 0.25) is 0 Å². The van der Waals surface area contributed by atoms with Crippen molar-refractivity contribution in [3.05, 3.63) is 0 Å². The van der Waals surface area contributed by atoms with Gasteiger partial charge in [-0.15, -0.1) is 0 Å². The Morgan fingerprint density at radius 1 is 0.700 bits per heavy atom. The molecule has 0 spiro atoms. The molecule has 1 heteroatoms. The highest BCUT2D eigenvalue weighted by Crippen LogP contribution is 2.51. The van der Waals surface area contributed by atoms with E-state index >= 15 is 0 Å². The lowest BCUT2D eigenvalue weighted by Crippen LogP contribution is -2.14. The first-order valence-corrected chi connectivity index (χ1v) is 9.29. The van der Waals surface area contributed by atoms with Gasteiger partial charge in [-0.1, -0.05) is 12.8 Å². The number of hydrogen-bond donors (Lipinski definition) is 0. The van der Waals surface area contributed by atoms with Gasteiger partial charge in [0.1, 0.15) is 5.78 Å². The molecule has 112 valence electrons. The molecule has 0 radical (unpaired) electrons. The van der Waals surface area contributed by atoms with E-state index in [2.05, 4.69) is 0 Å². The Balaban J connectivity index is 1.16. The summed E-state index contributed by atoms with van der Waals surface area (Å²) in [6.45, 7) is 0. The highest BCUT2D eigenvalue weighted by molar-refractivity contribution is 5.78. The molecule has 4 aliphatic rings. The average Bonchev–Trinajstić information content (AvgIpc) is 3.21. The molecule has 0 unspecified atom stereocenters. The van der Waals surface area contributed by atoms with E-state index in [-0.39, 0.29) is 0 Å². The van der Waals surface area contributed by atoms with E-state index in [0.717, 1.165) is 48.3 Å². The van der Waals surface area contributed by atoms with Gasteiger partial charge in [-0.3, -0.25) is 4.79 Å². The first-order chi connectivity index (χ1) is 9.78. The molecule has 20 heavy (non-hydrogen) atoms. The third-order valence-electron chi connectivity index (χ3n) is 7.36. The van der Waals surface area contributed by atoms with Crippen LogP contribution in [0.5, 0.6) is 0 Å². The molecule has 0 aromatic rings. The van der Waals surface area contributed by atoms with Gasteiger partial charge in [0.05, 0.1) is 0 Å². The highest BCUT2D eigenvalue weighted by atomic mass is 16.1. The molecular weight excluding hydrogens is 244 g/mol. The Hall–Kier alpha value is -0.330. The van der Waals surface area contributed by atoms with Crippen LogP contribution in [-0.4, -0.2) is 5.78 Å². The number of Topliss-reactive ketones (excluding diaryl/α,β-unsaturated/α-hetero) is 1. The van der Waals surface area contributed by atoms with E-state index in [4.69, 9.17) is 0 Å². The van der Waals surface area contributed by atoms with Crippen molar-refractivity contribution < 1.29 is 4.79 Å². The van der Waals surface area contributed by atoms with E-state index in [9.17, 15) is 4.79 Å². The molecule has 0 N–H and O–H groups in total. The number of rotatable bonds is 6. The summed E-state index contributed by atoms with van der Waals surface area (Å²) in [6.07, 6.45) is 16.0. The lowest BCUT2D eigenvalue weighted by molar-refractivity contribution is -0.119. The second-order valence-corrected chi connectivity index (χ2v) is 8.49. The standard InChI is InChI=1S/C19H30O/c20-19(7-5-17-11-13-1-3-15(17)9-13)8-6-18-12-14-2-4-16(18)10-14/h13-18H,1-12H2/t13-,14-,15-,16-,17-,18+/m0/s1. The lowest BCUT2D eigenvalue weighted by Gasteiger charge is -2.22. The van der Waals surface area contributed by atoms with E-state index in [1.807, 2.05) is 0 Å². The fourth-order valence-corrected chi connectivity index (χ4v) is 6.28. The largest absolute Gasteiger partial charge is 0.300 e. The number of carbonyl (C=O) groups excluding carboxylic acids is 1. The van der Waals surface area contributed by atoms with Gasteiger partial charge in [0.25, 0.3) is 0 Å². The normalized spacial score (nSPS) is 45.4. The second kappa shape index (κ2) is 5.46. The predicted octanol–water partition coefficient (Wildman–Crippen LogP) is 4.99. The summed E-state index contributed by atoms with van der Waals surface area (Å²) < 4.78 is 0. The Bertz CT molecular complexity index is 340. The fourth-order valence-electron chi connectivity index (χ4n) is 6.28. The maximum absolute atomic E-state index is 12.2. The molecule has 4 bridgehead atoms. The molecule has 6 atom stereocenters. The van der Waals surface area contributed by atoms with Crippen molar-refractivity contribution in [1.29, 1.82) is 0 Å². The highest BCUT2D eigenvalue weighted by Gasteiger charge is 2.40. The van der Waals surface area contributed by atoms with Crippen molar-refractivity contribution in [3.8, 4) is 0 Å². The molecule has 4 rings (SSSR count). The second-order valence-electron chi connectivity index (χ2n) is 8.49. The molecule has 0 aromatic heterocycles. The van der Waals surface area contributed by atoms with E-state index in [0.29, 0.717) is 5.78 Å². The SMILES string of the molecule is O=C(CC[C@@H]1C[C@H]2CC[C@H]1C2)CC[C@H]1C[C@H]2CC[C@H]1C2. The minimum absolute atomic E-state index is 0.579. The Kier molecular flexibility index (Phi) is 3.64. The van der Waals surface area contributed by atoms with Crippen LogP contribution in [0.4, 0.5) is 0 Å². The number of fused-ring (bicyclic) bond motifs is 4. The molecule has 0 saturated heterocycles. The minimum atomic E-state index is 0.579. The van der Waals surface area contributed by atoms with Crippen LogP contribution in [0.3, 0.4) is 0 Å². The van der Waals surface area contributed by atoms with Gasteiger partial charge >= 0.3 is 0 Å². The topological polar surface area (TPSA) is 17.1 Å². The fraction of sp³-hybridized carbons (Fsp3) is 0.947. The summed E-state index contributed by atoms with van der Waals surface area (Å²) >= 11 is 0. The van der Waals surface area contributed by atoms with Crippen molar-refractivity contribution >= 4 is 5.78 Å². The van der Waals surface area contributed by atoms with Gasteiger partial charge in [0.2, 0.25) is 0 Å². The van der Waals surface area contributed by atoms with Crippen LogP contribution >= 0.6 is 0 Å². The van der Waals surface area contributed by atoms with Gasteiger partial charge in [-0.2, -0.15) is 0 Å². The van der Waals surface area contributed by atoms with E-state index in [1.54, 1.807) is 0 Å². The monoisotopic (exact) mass is 274 g/mol. The van der Waals surface area contributed by atoms with Crippen molar-refractivity contribution in [2.75, 3.05) is 0 Å². The van der Waals surface area contributed by atoms with Crippen LogP contribution in [0.1, 0.15) is 77.0 Å². The van der Waals surface area contributed by atoms with Crippen molar-refractivity contribution in [2.24, 2.45) is 35.5 Å². The molecule has 4 saturated carbocycles. The first-order valence-electron chi connectivity index (χ1n) is 9.29. The van der Waals surface area contributed by atoms with Crippen LogP contribution in [0.25, 0.3) is 0 Å². The van der Waals surface area contributed by atoms with Gasteiger partial charge in [0, 0.05) is 12.8 Å². The zero-order valence-corrected chi connectivity index (χ0v) is 12.9. The smallest absolute Gasteiger partial charge is 0.132 e. The molecule has 0 heterocycles. The van der Waals surface area contributed by atoms with Crippen molar-refractivity contribution in [3.63, 3.8) is 0 Å². The third-order valence-corrected chi connectivity index (χ3v) is 7.36. The number of ketones is 1. The number of carbonyl (C=O) groups is 1. The summed E-state index contributed by atoms with van der Waals surface area (Å²) in [7, 11) is 0.